The van der Waals surface area contributed by atoms with Crippen molar-refractivity contribution < 1.29 is 17.9 Å². The van der Waals surface area contributed by atoms with Gasteiger partial charge in [-0.2, -0.15) is 4.31 Å². The average Bonchev–Trinajstić information content (AvgIpc) is 2.79. The maximum atomic E-state index is 13.5. The van der Waals surface area contributed by atoms with Gasteiger partial charge in [0.2, 0.25) is 0 Å². The van der Waals surface area contributed by atoms with Gasteiger partial charge in [-0.25, -0.2) is 8.42 Å². The quantitative estimate of drug-likeness (QED) is 0.424. The standard InChI is InChI=1S/C26H27NO4S/c1-4-18-31-25-13-9-8-10-22(25)16-17-26(28)27(24-19-20(2)14-15-21(24)3)32(29,30)23-11-6-5-7-12-23/h5-17,19H,4,18H2,1-3H3/b17-16+. The number of hydrogen-bond acceptors (Lipinski definition) is 4. The summed E-state index contributed by atoms with van der Waals surface area (Å²) in [6, 6.07) is 20.7. The number of carbonyl (C=O) groups is 1. The van der Waals surface area contributed by atoms with Gasteiger partial charge in [-0.05, 0) is 61.7 Å². The number of rotatable bonds is 8. The average molecular weight is 450 g/mol. The lowest BCUT2D eigenvalue weighted by molar-refractivity contribution is -0.113. The van der Waals surface area contributed by atoms with E-state index in [1.807, 2.05) is 50.2 Å². The van der Waals surface area contributed by atoms with Crippen molar-refractivity contribution in [3.63, 3.8) is 0 Å². The van der Waals surface area contributed by atoms with Crippen LogP contribution in [-0.4, -0.2) is 20.9 Å². The minimum absolute atomic E-state index is 0.0503. The van der Waals surface area contributed by atoms with E-state index >= 15 is 0 Å². The molecule has 0 unspecified atom stereocenters. The molecule has 166 valence electrons. The van der Waals surface area contributed by atoms with Crippen LogP contribution in [0.2, 0.25) is 0 Å². The normalized spacial score (nSPS) is 11.5. The zero-order valence-electron chi connectivity index (χ0n) is 18.5. The lowest BCUT2D eigenvalue weighted by Gasteiger charge is -2.23. The van der Waals surface area contributed by atoms with E-state index in [1.165, 1.54) is 18.2 Å². The summed E-state index contributed by atoms with van der Waals surface area (Å²) in [5.41, 5.74) is 2.57. The highest BCUT2D eigenvalue weighted by molar-refractivity contribution is 7.93. The summed E-state index contributed by atoms with van der Waals surface area (Å²) < 4.78 is 33.6. The number of aryl methyl sites for hydroxylation is 2. The fourth-order valence-corrected chi connectivity index (χ4v) is 4.66. The molecule has 3 rings (SSSR count). The Labute approximate surface area is 190 Å². The molecule has 0 spiro atoms. The zero-order chi connectivity index (χ0) is 23.1. The van der Waals surface area contributed by atoms with E-state index in [9.17, 15) is 13.2 Å². The molecule has 0 N–H and O–H groups in total. The Morgan fingerprint density at radius 2 is 1.66 bits per heavy atom. The van der Waals surface area contributed by atoms with Crippen molar-refractivity contribution in [2.24, 2.45) is 0 Å². The summed E-state index contributed by atoms with van der Waals surface area (Å²) in [6.45, 7) is 6.21. The second-order valence-electron chi connectivity index (χ2n) is 7.43. The molecule has 5 nitrogen and oxygen atoms in total. The number of benzene rings is 3. The van der Waals surface area contributed by atoms with Gasteiger partial charge in [0.1, 0.15) is 5.75 Å². The van der Waals surface area contributed by atoms with Crippen LogP contribution in [0.1, 0.15) is 30.0 Å². The maximum absolute atomic E-state index is 13.5. The van der Waals surface area contributed by atoms with Crippen molar-refractivity contribution in [1.82, 2.24) is 0 Å². The second-order valence-corrected chi connectivity index (χ2v) is 9.22. The number of hydrogen-bond donors (Lipinski definition) is 0. The minimum atomic E-state index is -4.12. The van der Waals surface area contributed by atoms with Gasteiger partial charge in [0, 0.05) is 11.6 Å². The molecule has 0 saturated carbocycles. The van der Waals surface area contributed by atoms with Crippen molar-refractivity contribution >= 4 is 27.7 Å². The van der Waals surface area contributed by atoms with Crippen LogP contribution in [0.15, 0.2) is 83.8 Å². The fraction of sp³-hybridized carbons (Fsp3) is 0.192. The van der Waals surface area contributed by atoms with Crippen LogP contribution in [-0.2, 0) is 14.8 Å². The van der Waals surface area contributed by atoms with E-state index in [2.05, 4.69) is 0 Å². The number of anilines is 1. The zero-order valence-corrected chi connectivity index (χ0v) is 19.3. The summed E-state index contributed by atoms with van der Waals surface area (Å²) in [4.78, 5) is 13.4. The van der Waals surface area contributed by atoms with Gasteiger partial charge >= 0.3 is 0 Å². The van der Waals surface area contributed by atoms with Crippen LogP contribution in [0.3, 0.4) is 0 Å². The molecule has 0 aliphatic heterocycles. The molecule has 3 aromatic rings. The highest BCUT2D eigenvalue weighted by atomic mass is 32.2. The maximum Gasteiger partial charge on any atom is 0.271 e. The van der Waals surface area contributed by atoms with E-state index in [4.69, 9.17) is 4.74 Å². The number of amides is 1. The van der Waals surface area contributed by atoms with Gasteiger partial charge in [0.05, 0.1) is 17.2 Å². The first-order chi connectivity index (χ1) is 15.3. The third-order valence-corrected chi connectivity index (χ3v) is 6.58. The van der Waals surface area contributed by atoms with E-state index in [1.54, 1.807) is 37.3 Å². The van der Waals surface area contributed by atoms with Crippen molar-refractivity contribution in [2.45, 2.75) is 32.1 Å². The summed E-state index contributed by atoms with van der Waals surface area (Å²) in [5, 5.41) is 0. The Bertz CT molecular complexity index is 1220. The van der Waals surface area contributed by atoms with E-state index in [0.717, 1.165) is 16.3 Å². The molecule has 0 fully saturated rings. The van der Waals surface area contributed by atoms with Crippen LogP contribution in [0.4, 0.5) is 5.69 Å². The molecule has 1 amide bonds. The highest BCUT2D eigenvalue weighted by Gasteiger charge is 2.30. The highest BCUT2D eigenvalue weighted by Crippen LogP contribution is 2.29. The van der Waals surface area contributed by atoms with E-state index in [-0.39, 0.29) is 4.90 Å². The Morgan fingerprint density at radius 3 is 2.38 bits per heavy atom. The summed E-state index contributed by atoms with van der Waals surface area (Å²) in [6.07, 6.45) is 3.72. The third-order valence-electron chi connectivity index (χ3n) is 4.85. The first-order valence-electron chi connectivity index (χ1n) is 10.5. The molecule has 0 aliphatic rings. The van der Waals surface area contributed by atoms with E-state index < -0.39 is 15.9 Å². The number of ether oxygens (including phenoxy) is 1. The molecule has 0 aromatic heterocycles. The predicted octanol–water partition coefficient (Wildman–Crippen LogP) is 5.53. The molecular weight excluding hydrogens is 422 g/mol. The Balaban J connectivity index is 2.06. The lowest BCUT2D eigenvalue weighted by atomic mass is 10.1. The first-order valence-corrected chi connectivity index (χ1v) is 11.9. The fourth-order valence-electron chi connectivity index (χ4n) is 3.19. The summed E-state index contributed by atoms with van der Waals surface area (Å²) in [5.74, 6) is -0.0181. The van der Waals surface area contributed by atoms with Crippen molar-refractivity contribution in [3.8, 4) is 5.75 Å². The van der Waals surface area contributed by atoms with Crippen molar-refractivity contribution in [1.29, 1.82) is 0 Å². The SMILES string of the molecule is CCCOc1ccccc1/C=C/C(=O)N(c1cc(C)ccc1C)S(=O)(=O)c1ccccc1. The third kappa shape index (κ3) is 5.26. The van der Waals surface area contributed by atoms with E-state index in [0.29, 0.717) is 29.2 Å². The molecule has 0 heterocycles. The molecule has 6 heteroatoms. The van der Waals surface area contributed by atoms with Gasteiger partial charge in [-0.1, -0.05) is 55.5 Å². The van der Waals surface area contributed by atoms with Crippen LogP contribution < -0.4 is 9.04 Å². The van der Waals surface area contributed by atoms with Crippen LogP contribution in [0.5, 0.6) is 5.75 Å². The Hall–Kier alpha value is -3.38. The predicted molar refractivity (Wildman–Crippen MR) is 128 cm³/mol. The van der Waals surface area contributed by atoms with Crippen LogP contribution >= 0.6 is 0 Å². The van der Waals surface area contributed by atoms with Gasteiger partial charge in [-0.3, -0.25) is 4.79 Å². The van der Waals surface area contributed by atoms with Crippen molar-refractivity contribution in [2.75, 3.05) is 10.9 Å². The van der Waals surface area contributed by atoms with Gasteiger partial charge < -0.3 is 4.74 Å². The molecule has 3 aromatic carbocycles. The van der Waals surface area contributed by atoms with Crippen LogP contribution in [0.25, 0.3) is 6.08 Å². The van der Waals surface area contributed by atoms with Crippen LogP contribution in [0, 0.1) is 13.8 Å². The monoisotopic (exact) mass is 449 g/mol. The molecule has 0 atom stereocenters. The van der Waals surface area contributed by atoms with Gasteiger partial charge in [0.25, 0.3) is 15.9 Å². The lowest BCUT2D eigenvalue weighted by Crippen LogP contribution is -2.36. The Morgan fingerprint density at radius 1 is 0.969 bits per heavy atom. The summed E-state index contributed by atoms with van der Waals surface area (Å²) in [7, 11) is -4.12. The number of sulfonamides is 1. The molecule has 0 radical (unpaired) electrons. The molecular formula is C26H27NO4S. The second kappa shape index (κ2) is 10.3. The molecule has 0 saturated heterocycles. The largest absolute Gasteiger partial charge is 0.493 e. The first kappa shape index (κ1) is 23.3. The summed E-state index contributed by atoms with van der Waals surface area (Å²) >= 11 is 0. The minimum Gasteiger partial charge on any atom is -0.493 e. The molecule has 32 heavy (non-hydrogen) atoms. The Kier molecular flexibility index (Phi) is 7.49. The number of carbonyl (C=O) groups excluding carboxylic acids is 1. The smallest absolute Gasteiger partial charge is 0.271 e. The topological polar surface area (TPSA) is 63.7 Å². The van der Waals surface area contributed by atoms with Crippen molar-refractivity contribution in [3.05, 3.63) is 95.6 Å². The number of nitrogens with zero attached hydrogens (tertiary/aromatic N) is 1. The molecule has 0 bridgehead atoms. The number of para-hydroxylation sites is 1. The molecule has 0 aliphatic carbocycles. The van der Waals surface area contributed by atoms with Gasteiger partial charge in [-0.15, -0.1) is 0 Å². The van der Waals surface area contributed by atoms with Gasteiger partial charge in [0.15, 0.2) is 0 Å².